The molecule has 0 radical (unpaired) electrons. The van der Waals surface area contributed by atoms with E-state index in [9.17, 15) is 0 Å². The van der Waals surface area contributed by atoms with Gasteiger partial charge in [-0.1, -0.05) is 24.8 Å². The lowest BCUT2D eigenvalue weighted by atomic mass is 10.2. The van der Waals surface area contributed by atoms with Crippen LogP contribution in [0.2, 0.25) is 0 Å². The van der Waals surface area contributed by atoms with Crippen LogP contribution in [0.25, 0.3) is 0 Å². The van der Waals surface area contributed by atoms with Crippen molar-refractivity contribution in [3.8, 4) is 11.8 Å². The molecule has 0 aromatic heterocycles. The summed E-state index contributed by atoms with van der Waals surface area (Å²) in [5.74, 6) is 0.840. The molecular formula is C17H16N2O. The van der Waals surface area contributed by atoms with Gasteiger partial charge in [-0.25, -0.2) is 0 Å². The van der Waals surface area contributed by atoms with Crippen LogP contribution in [0.3, 0.4) is 0 Å². The molecule has 0 bridgehead atoms. The van der Waals surface area contributed by atoms with Gasteiger partial charge in [0.2, 0.25) is 0 Å². The van der Waals surface area contributed by atoms with E-state index in [0.717, 1.165) is 18.0 Å². The van der Waals surface area contributed by atoms with Crippen molar-refractivity contribution in [2.45, 2.75) is 6.54 Å². The molecule has 0 saturated carbocycles. The van der Waals surface area contributed by atoms with Gasteiger partial charge in [0.1, 0.15) is 12.4 Å². The van der Waals surface area contributed by atoms with Crippen molar-refractivity contribution >= 4 is 5.69 Å². The lowest BCUT2D eigenvalue weighted by molar-refractivity contribution is 0.363. The number of hydrogen-bond donors (Lipinski definition) is 1. The summed E-state index contributed by atoms with van der Waals surface area (Å²) in [5, 5.41) is 12.0. The maximum absolute atomic E-state index is 8.74. The second-order valence-corrected chi connectivity index (χ2v) is 4.29. The highest BCUT2D eigenvalue weighted by Gasteiger charge is 1.97. The zero-order valence-electron chi connectivity index (χ0n) is 11.2. The van der Waals surface area contributed by atoms with Crippen molar-refractivity contribution < 1.29 is 4.74 Å². The number of rotatable bonds is 6. The molecule has 100 valence electrons. The van der Waals surface area contributed by atoms with Crippen LogP contribution in [-0.4, -0.2) is 6.61 Å². The van der Waals surface area contributed by atoms with E-state index in [4.69, 9.17) is 10.00 Å². The molecule has 0 amide bonds. The Balaban J connectivity index is 1.89. The molecule has 20 heavy (non-hydrogen) atoms. The molecule has 0 heterocycles. The SMILES string of the molecule is C=CCOc1ccc(CNc2ccc(C#N)cc2)cc1. The van der Waals surface area contributed by atoms with Crippen LogP contribution in [-0.2, 0) is 6.54 Å². The normalized spacial score (nSPS) is 9.55. The van der Waals surface area contributed by atoms with Crippen molar-refractivity contribution in [2.75, 3.05) is 11.9 Å². The first-order valence-electron chi connectivity index (χ1n) is 6.38. The molecule has 1 N–H and O–H groups in total. The number of nitriles is 1. The minimum atomic E-state index is 0.517. The summed E-state index contributed by atoms with van der Waals surface area (Å²) in [6.45, 7) is 4.86. The fraction of sp³-hybridized carbons (Fsp3) is 0.118. The molecule has 2 rings (SSSR count). The van der Waals surface area contributed by atoms with E-state index in [2.05, 4.69) is 18.0 Å². The van der Waals surface area contributed by atoms with Gasteiger partial charge >= 0.3 is 0 Å². The molecule has 2 aromatic carbocycles. The third kappa shape index (κ3) is 3.89. The number of nitrogens with zero attached hydrogens (tertiary/aromatic N) is 1. The molecule has 0 aliphatic heterocycles. The van der Waals surface area contributed by atoms with E-state index >= 15 is 0 Å². The number of anilines is 1. The van der Waals surface area contributed by atoms with Crippen LogP contribution in [0.4, 0.5) is 5.69 Å². The third-order valence-electron chi connectivity index (χ3n) is 2.80. The van der Waals surface area contributed by atoms with Crippen LogP contribution >= 0.6 is 0 Å². The number of nitrogens with one attached hydrogen (secondary N) is 1. The van der Waals surface area contributed by atoms with E-state index < -0.39 is 0 Å². The van der Waals surface area contributed by atoms with Crippen LogP contribution < -0.4 is 10.1 Å². The van der Waals surface area contributed by atoms with Crippen molar-refractivity contribution in [2.24, 2.45) is 0 Å². The van der Waals surface area contributed by atoms with Crippen molar-refractivity contribution in [1.82, 2.24) is 0 Å². The lowest BCUT2D eigenvalue weighted by Gasteiger charge is -2.08. The Kier molecular flexibility index (Phi) is 4.80. The van der Waals surface area contributed by atoms with Crippen molar-refractivity contribution in [3.63, 3.8) is 0 Å². The van der Waals surface area contributed by atoms with Gasteiger partial charge < -0.3 is 10.1 Å². The standard InChI is InChI=1S/C17H16N2O/c1-2-11-20-17-9-5-15(6-10-17)13-19-16-7-3-14(12-18)4-8-16/h2-10,19H,1,11,13H2. The fourth-order valence-corrected chi connectivity index (χ4v) is 1.73. The Morgan fingerprint density at radius 2 is 1.80 bits per heavy atom. The Labute approximate surface area is 119 Å². The highest BCUT2D eigenvalue weighted by Crippen LogP contribution is 2.14. The molecule has 0 atom stereocenters. The Hall–Kier alpha value is -2.73. The van der Waals surface area contributed by atoms with Gasteiger partial charge in [0.05, 0.1) is 11.6 Å². The second kappa shape index (κ2) is 7.01. The van der Waals surface area contributed by atoms with Crippen molar-refractivity contribution in [3.05, 3.63) is 72.3 Å². The van der Waals surface area contributed by atoms with Gasteiger partial charge in [0.15, 0.2) is 0 Å². The molecule has 0 saturated heterocycles. The third-order valence-corrected chi connectivity index (χ3v) is 2.80. The number of benzene rings is 2. The van der Waals surface area contributed by atoms with Crippen LogP contribution in [0.5, 0.6) is 5.75 Å². The maximum atomic E-state index is 8.74. The van der Waals surface area contributed by atoms with Gasteiger partial charge in [-0.05, 0) is 42.0 Å². The first-order chi connectivity index (χ1) is 9.81. The molecule has 3 nitrogen and oxygen atoms in total. The minimum absolute atomic E-state index is 0.517. The fourth-order valence-electron chi connectivity index (χ4n) is 1.73. The van der Waals surface area contributed by atoms with E-state index in [1.807, 2.05) is 36.4 Å². The van der Waals surface area contributed by atoms with Crippen LogP contribution in [0, 0.1) is 11.3 Å². The van der Waals surface area contributed by atoms with Gasteiger partial charge in [0.25, 0.3) is 0 Å². The average Bonchev–Trinajstić information content (AvgIpc) is 2.52. The maximum Gasteiger partial charge on any atom is 0.119 e. The number of hydrogen-bond acceptors (Lipinski definition) is 3. The van der Waals surface area contributed by atoms with Crippen LogP contribution in [0.1, 0.15) is 11.1 Å². The highest BCUT2D eigenvalue weighted by molar-refractivity contribution is 5.47. The van der Waals surface area contributed by atoms with E-state index in [1.165, 1.54) is 5.56 Å². The molecule has 3 heteroatoms. The first-order valence-corrected chi connectivity index (χ1v) is 6.38. The van der Waals surface area contributed by atoms with Gasteiger partial charge in [-0.2, -0.15) is 5.26 Å². The molecule has 0 unspecified atom stereocenters. The molecule has 0 fully saturated rings. The van der Waals surface area contributed by atoms with E-state index in [0.29, 0.717) is 12.2 Å². The van der Waals surface area contributed by atoms with Crippen LogP contribution in [0.15, 0.2) is 61.2 Å². The largest absolute Gasteiger partial charge is 0.490 e. The summed E-state index contributed by atoms with van der Waals surface area (Å²) in [6, 6.07) is 17.4. The Morgan fingerprint density at radius 3 is 2.40 bits per heavy atom. The summed E-state index contributed by atoms with van der Waals surface area (Å²) in [5.41, 5.74) is 2.83. The zero-order chi connectivity index (χ0) is 14.2. The topological polar surface area (TPSA) is 45.0 Å². The minimum Gasteiger partial charge on any atom is -0.490 e. The summed E-state index contributed by atoms with van der Waals surface area (Å²) in [7, 11) is 0. The van der Waals surface area contributed by atoms with E-state index in [1.54, 1.807) is 18.2 Å². The quantitative estimate of drug-likeness (QED) is 0.808. The molecule has 0 spiro atoms. The average molecular weight is 264 g/mol. The molecule has 0 aliphatic carbocycles. The Morgan fingerprint density at radius 1 is 1.10 bits per heavy atom. The number of ether oxygens (including phenoxy) is 1. The molecule has 2 aromatic rings. The smallest absolute Gasteiger partial charge is 0.119 e. The lowest BCUT2D eigenvalue weighted by Crippen LogP contribution is -1.99. The van der Waals surface area contributed by atoms with Crippen molar-refractivity contribution in [1.29, 1.82) is 5.26 Å². The Bertz CT molecular complexity index is 594. The van der Waals surface area contributed by atoms with Gasteiger partial charge in [0, 0.05) is 12.2 Å². The predicted molar refractivity (Wildman–Crippen MR) is 80.6 cm³/mol. The van der Waals surface area contributed by atoms with Gasteiger partial charge in [-0.15, -0.1) is 0 Å². The molecular weight excluding hydrogens is 248 g/mol. The van der Waals surface area contributed by atoms with E-state index in [-0.39, 0.29) is 0 Å². The highest BCUT2D eigenvalue weighted by atomic mass is 16.5. The summed E-state index contributed by atoms with van der Waals surface area (Å²) >= 11 is 0. The first kappa shape index (κ1) is 13.7. The predicted octanol–water partition coefficient (Wildman–Crippen LogP) is 3.74. The zero-order valence-corrected chi connectivity index (χ0v) is 11.2. The monoisotopic (exact) mass is 264 g/mol. The van der Waals surface area contributed by atoms with Gasteiger partial charge in [-0.3, -0.25) is 0 Å². The summed E-state index contributed by atoms with van der Waals surface area (Å²) in [4.78, 5) is 0. The molecule has 0 aliphatic rings. The summed E-state index contributed by atoms with van der Waals surface area (Å²) < 4.78 is 5.43. The second-order valence-electron chi connectivity index (χ2n) is 4.29. The summed E-state index contributed by atoms with van der Waals surface area (Å²) in [6.07, 6.45) is 1.72.